The van der Waals surface area contributed by atoms with Crippen LogP contribution in [-0.4, -0.2) is 36.4 Å². The number of nitrogens with two attached hydrogens (primary N) is 1. The van der Waals surface area contributed by atoms with E-state index in [-0.39, 0.29) is 11.7 Å². The molecule has 0 saturated carbocycles. The van der Waals surface area contributed by atoms with E-state index in [4.69, 9.17) is 15.2 Å². The number of benzene rings is 1. The summed E-state index contributed by atoms with van der Waals surface area (Å²) in [6, 6.07) is 6.21. The first-order chi connectivity index (χ1) is 10.2. The maximum Gasteiger partial charge on any atom is 0.123 e. The van der Waals surface area contributed by atoms with Crippen molar-refractivity contribution in [3.63, 3.8) is 0 Å². The summed E-state index contributed by atoms with van der Waals surface area (Å²) in [5.41, 5.74) is 6.97. The molecular formula is C16H22BrNO2S. The maximum absolute atomic E-state index is 6.32. The standard InChI is InChI=1S/C16H22BrNO2S/c17-13-1-2-15(12(9-13)3-6-18)20-14-4-7-19-16(10-14)5-8-21-11-16/h1-2,9,14H,3-8,10-11,18H2. The minimum atomic E-state index is 0.0664. The lowest BCUT2D eigenvalue weighted by molar-refractivity contribution is -0.0960. The molecule has 0 bridgehead atoms. The Morgan fingerprint density at radius 3 is 3.14 bits per heavy atom. The third-order valence-corrected chi connectivity index (χ3v) is 5.96. The number of ether oxygens (including phenoxy) is 2. The van der Waals surface area contributed by atoms with E-state index in [0.29, 0.717) is 6.54 Å². The summed E-state index contributed by atoms with van der Waals surface area (Å²) in [6.45, 7) is 1.45. The van der Waals surface area contributed by atoms with E-state index < -0.39 is 0 Å². The largest absolute Gasteiger partial charge is 0.490 e. The van der Waals surface area contributed by atoms with E-state index in [1.54, 1.807) is 0 Å². The average molecular weight is 372 g/mol. The second-order valence-electron chi connectivity index (χ2n) is 5.86. The van der Waals surface area contributed by atoms with E-state index >= 15 is 0 Å². The molecule has 2 aliphatic heterocycles. The Hall–Kier alpha value is -0.230. The van der Waals surface area contributed by atoms with Crippen LogP contribution >= 0.6 is 27.7 Å². The molecule has 2 heterocycles. The van der Waals surface area contributed by atoms with Crippen LogP contribution in [-0.2, 0) is 11.2 Å². The number of thioether (sulfide) groups is 1. The molecule has 0 aromatic heterocycles. The molecule has 2 saturated heterocycles. The van der Waals surface area contributed by atoms with Gasteiger partial charge in [-0.3, -0.25) is 0 Å². The minimum absolute atomic E-state index is 0.0664. The predicted molar refractivity (Wildman–Crippen MR) is 91.2 cm³/mol. The highest BCUT2D eigenvalue weighted by Gasteiger charge is 2.41. The zero-order chi connectivity index (χ0) is 14.7. The third-order valence-electron chi connectivity index (χ3n) is 4.24. The van der Waals surface area contributed by atoms with Crippen molar-refractivity contribution in [3.05, 3.63) is 28.2 Å². The summed E-state index contributed by atoms with van der Waals surface area (Å²) in [4.78, 5) is 0. The van der Waals surface area contributed by atoms with Crippen LogP contribution in [0.3, 0.4) is 0 Å². The van der Waals surface area contributed by atoms with Crippen molar-refractivity contribution >= 4 is 27.7 Å². The number of hydrogen-bond acceptors (Lipinski definition) is 4. The molecule has 116 valence electrons. The summed E-state index contributed by atoms with van der Waals surface area (Å²) in [6.07, 6.45) is 4.25. The van der Waals surface area contributed by atoms with Crippen LogP contribution in [0.5, 0.6) is 5.75 Å². The number of halogens is 1. The Morgan fingerprint density at radius 1 is 1.48 bits per heavy atom. The zero-order valence-electron chi connectivity index (χ0n) is 12.1. The number of hydrogen-bond donors (Lipinski definition) is 1. The van der Waals surface area contributed by atoms with Gasteiger partial charge in [-0.25, -0.2) is 0 Å². The molecular weight excluding hydrogens is 350 g/mol. The Morgan fingerprint density at radius 2 is 2.38 bits per heavy atom. The van der Waals surface area contributed by atoms with Crippen molar-refractivity contribution in [2.45, 2.75) is 37.4 Å². The summed E-state index contributed by atoms with van der Waals surface area (Å²) in [7, 11) is 0. The molecule has 2 atom stereocenters. The zero-order valence-corrected chi connectivity index (χ0v) is 14.5. The quantitative estimate of drug-likeness (QED) is 0.880. The first-order valence-electron chi connectivity index (χ1n) is 7.58. The number of rotatable bonds is 4. The molecule has 2 fully saturated rings. The van der Waals surface area contributed by atoms with Crippen LogP contribution in [0.1, 0.15) is 24.8 Å². The Balaban J connectivity index is 1.71. The van der Waals surface area contributed by atoms with Gasteiger partial charge in [-0.1, -0.05) is 15.9 Å². The highest BCUT2D eigenvalue weighted by molar-refractivity contribution is 9.10. The molecule has 3 rings (SSSR count). The van der Waals surface area contributed by atoms with Gasteiger partial charge in [0.1, 0.15) is 11.9 Å². The predicted octanol–water partition coefficient (Wildman–Crippen LogP) is 3.38. The van der Waals surface area contributed by atoms with E-state index in [0.717, 1.165) is 48.3 Å². The third kappa shape index (κ3) is 3.76. The Bertz CT molecular complexity index is 491. The van der Waals surface area contributed by atoms with Gasteiger partial charge in [0, 0.05) is 23.1 Å². The van der Waals surface area contributed by atoms with Crippen LogP contribution < -0.4 is 10.5 Å². The van der Waals surface area contributed by atoms with E-state index in [9.17, 15) is 0 Å². The second-order valence-corrected chi connectivity index (χ2v) is 7.88. The summed E-state index contributed by atoms with van der Waals surface area (Å²) in [5, 5.41) is 0. The van der Waals surface area contributed by atoms with Crippen molar-refractivity contribution in [1.82, 2.24) is 0 Å². The van der Waals surface area contributed by atoms with Gasteiger partial charge >= 0.3 is 0 Å². The molecule has 5 heteroatoms. The van der Waals surface area contributed by atoms with Crippen LogP contribution in [0.25, 0.3) is 0 Å². The lowest BCUT2D eigenvalue weighted by atomic mass is 9.91. The van der Waals surface area contributed by atoms with Crippen LogP contribution in [0.2, 0.25) is 0 Å². The van der Waals surface area contributed by atoms with Crippen molar-refractivity contribution in [3.8, 4) is 5.75 Å². The van der Waals surface area contributed by atoms with Gasteiger partial charge in [-0.15, -0.1) is 0 Å². The molecule has 1 aromatic rings. The van der Waals surface area contributed by atoms with Gasteiger partial charge in [0.25, 0.3) is 0 Å². The molecule has 3 nitrogen and oxygen atoms in total. The molecule has 0 amide bonds. The van der Waals surface area contributed by atoms with E-state index in [1.165, 1.54) is 11.3 Å². The lowest BCUT2D eigenvalue weighted by Crippen LogP contribution is -2.43. The van der Waals surface area contributed by atoms with Gasteiger partial charge in [0.05, 0.1) is 12.2 Å². The molecule has 2 N–H and O–H groups in total. The lowest BCUT2D eigenvalue weighted by Gasteiger charge is -2.37. The molecule has 2 unspecified atom stereocenters. The summed E-state index contributed by atoms with van der Waals surface area (Å²) >= 11 is 5.52. The van der Waals surface area contributed by atoms with Crippen LogP contribution in [0, 0.1) is 0 Å². The van der Waals surface area contributed by atoms with Crippen LogP contribution in [0.4, 0.5) is 0 Å². The fraction of sp³-hybridized carbons (Fsp3) is 0.625. The fourth-order valence-electron chi connectivity index (χ4n) is 3.14. The molecule has 21 heavy (non-hydrogen) atoms. The van der Waals surface area contributed by atoms with Gasteiger partial charge in [0.2, 0.25) is 0 Å². The van der Waals surface area contributed by atoms with Gasteiger partial charge in [0.15, 0.2) is 0 Å². The van der Waals surface area contributed by atoms with E-state index in [1.807, 2.05) is 17.8 Å². The second kappa shape index (κ2) is 6.90. The highest BCUT2D eigenvalue weighted by Crippen LogP contribution is 2.39. The van der Waals surface area contributed by atoms with Gasteiger partial charge in [-0.05, 0) is 48.9 Å². The molecule has 1 spiro atoms. The first-order valence-corrected chi connectivity index (χ1v) is 9.52. The van der Waals surface area contributed by atoms with Gasteiger partial charge in [-0.2, -0.15) is 11.8 Å². The smallest absolute Gasteiger partial charge is 0.123 e. The molecule has 2 aliphatic rings. The van der Waals surface area contributed by atoms with Crippen molar-refractivity contribution in [2.75, 3.05) is 24.7 Å². The van der Waals surface area contributed by atoms with Crippen molar-refractivity contribution < 1.29 is 9.47 Å². The summed E-state index contributed by atoms with van der Waals surface area (Å²) < 4.78 is 13.5. The Kier molecular flexibility index (Phi) is 5.15. The average Bonchev–Trinajstić information content (AvgIpc) is 2.90. The molecule has 1 aromatic carbocycles. The normalized spacial score (nSPS) is 29.0. The monoisotopic (exact) mass is 371 g/mol. The van der Waals surface area contributed by atoms with Crippen LogP contribution in [0.15, 0.2) is 22.7 Å². The maximum atomic E-state index is 6.32. The fourth-order valence-corrected chi connectivity index (χ4v) is 4.93. The summed E-state index contributed by atoms with van der Waals surface area (Å²) in [5.74, 6) is 3.31. The van der Waals surface area contributed by atoms with Crippen molar-refractivity contribution in [2.24, 2.45) is 5.73 Å². The highest BCUT2D eigenvalue weighted by atomic mass is 79.9. The molecule has 0 radical (unpaired) electrons. The molecule has 0 aliphatic carbocycles. The SMILES string of the molecule is NCCc1cc(Br)ccc1OC1CCOC2(CCSC2)C1. The van der Waals surface area contributed by atoms with E-state index in [2.05, 4.69) is 28.1 Å². The van der Waals surface area contributed by atoms with Gasteiger partial charge < -0.3 is 15.2 Å². The Labute approximate surface area is 139 Å². The van der Waals surface area contributed by atoms with Crippen molar-refractivity contribution in [1.29, 1.82) is 0 Å². The first kappa shape index (κ1) is 15.7. The minimum Gasteiger partial charge on any atom is -0.490 e. The topological polar surface area (TPSA) is 44.5 Å².